The average molecular weight is 197 g/mol. The van der Waals surface area contributed by atoms with Crippen LogP contribution in [0.5, 0.6) is 0 Å². The van der Waals surface area contributed by atoms with Crippen molar-refractivity contribution in [2.24, 2.45) is 11.8 Å². The zero-order valence-corrected chi connectivity index (χ0v) is 10.0. The lowest BCUT2D eigenvalue weighted by atomic mass is 9.85. The van der Waals surface area contributed by atoms with Gasteiger partial charge in [0.15, 0.2) is 0 Å². The highest BCUT2D eigenvalue weighted by Gasteiger charge is 2.20. The molecule has 1 heterocycles. The van der Waals surface area contributed by atoms with Crippen LogP contribution < -0.4 is 5.32 Å². The van der Waals surface area contributed by atoms with Crippen LogP contribution in [0.3, 0.4) is 0 Å². The molecule has 0 aromatic heterocycles. The number of piperidine rings is 1. The van der Waals surface area contributed by atoms with E-state index in [9.17, 15) is 0 Å². The SMILES string of the molecule is CCCCC1CNCC(CCCC)C1. The van der Waals surface area contributed by atoms with Crippen molar-refractivity contribution < 1.29 is 0 Å². The zero-order valence-electron chi connectivity index (χ0n) is 10.0. The molecule has 0 aromatic carbocycles. The molecule has 0 aliphatic carbocycles. The standard InChI is InChI=1S/C13H27N/c1-3-5-7-12-9-13(8-6-4-2)11-14-10-12/h12-14H,3-11H2,1-2H3. The maximum absolute atomic E-state index is 3.60. The molecule has 14 heavy (non-hydrogen) atoms. The summed E-state index contributed by atoms with van der Waals surface area (Å²) < 4.78 is 0. The molecule has 0 aromatic rings. The van der Waals surface area contributed by atoms with Crippen LogP contribution in [-0.2, 0) is 0 Å². The Kier molecular flexibility index (Phi) is 6.25. The van der Waals surface area contributed by atoms with E-state index in [0.717, 1.165) is 11.8 Å². The minimum absolute atomic E-state index is 0.977. The molecule has 84 valence electrons. The first-order valence-electron chi connectivity index (χ1n) is 6.57. The largest absolute Gasteiger partial charge is 0.316 e. The van der Waals surface area contributed by atoms with E-state index in [0.29, 0.717) is 0 Å². The minimum Gasteiger partial charge on any atom is -0.316 e. The molecule has 1 fully saturated rings. The smallest absolute Gasteiger partial charge is 0.00203 e. The molecule has 2 unspecified atom stereocenters. The highest BCUT2D eigenvalue weighted by Crippen LogP contribution is 2.24. The first-order chi connectivity index (χ1) is 6.86. The summed E-state index contributed by atoms with van der Waals surface area (Å²) in [6.07, 6.45) is 9.96. The van der Waals surface area contributed by atoms with Crippen molar-refractivity contribution in [3.63, 3.8) is 0 Å². The van der Waals surface area contributed by atoms with E-state index in [2.05, 4.69) is 19.2 Å². The van der Waals surface area contributed by atoms with Gasteiger partial charge in [0.05, 0.1) is 0 Å². The van der Waals surface area contributed by atoms with E-state index in [1.165, 1.54) is 58.0 Å². The van der Waals surface area contributed by atoms with Gasteiger partial charge in [0.2, 0.25) is 0 Å². The highest BCUT2D eigenvalue weighted by atomic mass is 14.9. The van der Waals surface area contributed by atoms with E-state index < -0.39 is 0 Å². The maximum atomic E-state index is 3.60. The average Bonchev–Trinajstić information content (AvgIpc) is 2.24. The molecule has 0 bridgehead atoms. The molecule has 1 saturated heterocycles. The number of unbranched alkanes of at least 4 members (excludes halogenated alkanes) is 2. The minimum atomic E-state index is 0.977. The Balaban J connectivity index is 2.14. The summed E-state index contributed by atoms with van der Waals surface area (Å²) in [5, 5.41) is 3.60. The van der Waals surface area contributed by atoms with Crippen molar-refractivity contribution >= 4 is 0 Å². The third-order valence-corrected chi connectivity index (χ3v) is 3.46. The second-order valence-electron chi connectivity index (χ2n) is 4.91. The molecule has 1 N–H and O–H groups in total. The van der Waals surface area contributed by atoms with E-state index >= 15 is 0 Å². The molecule has 0 radical (unpaired) electrons. The molecule has 1 aliphatic heterocycles. The van der Waals surface area contributed by atoms with Crippen LogP contribution in [0.15, 0.2) is 0 Å². The summed E-state index contributed by atoms with van der Waals surface area (Å²) in [5.74, 6) is 1.95. The lowest BCUT2D eigenvalue weighted by Crippen LogP contribution is -2.36. The summed E-state index contributed by atoms with van der Waals surface area (Å²) in [5.41, 5.74) is 0. The number of nitrogens with one attached hydrogen (secondary N) is 1. The third-order valence-electron chi connectivity index (χ3n) is 3.46. The van der Waals surface area contributed by atoms with Gasteiger partial charge >= 0.3 is 0 Å². The van der Waals surface area contributed by atoms with Crippen LogP contribution >= 0.6 is 0 Å². The molecule has 2 atom stereocenters. The van der Waals surface area contributed by atoms with Gasteiger partial charge in [-0.15, -0.1) is 0 Å². The molecule has 0 spiro atoms. The van der Waals surface area contributed by atoms with Gasteiger partial charge < -0.3 is 5.32 Å². The van der Waals surface area contributed by atoms with E-state index in [1.54, 1.807) is 0 Å². The zero-order chi connectivity index (χ0) is 10.2. The van der Waals surface area contributed by atoms with Gasteiger partial charge in [-0.05, 0) is 44.2 Å². The van der Waals surface area contributed by atoms with Crippen molar-refractivity contribution in [3.05, 3.63) is 0 Å². The summed E-state index contributed by atoms with van der Waals surface area (Å²) in [4.78, 5) is 0. The van der Waals surface area contributed by atoms with Crippen LogP contribution in [0, 0.1) is 11.8 Å². The second kappa shape index (κ2) is 7.28. The van der Waals surface area contributed by atoms with Gasteiger partial charge in [-0.2, -0.15) is 0 Å². The Morgan fingerprint density at radius 1 is 0.929 bits per heavy atom. The van der Waals surface area contributed by atoms with E-state index in [4.69, 9.17) is 0 Å². The fourth-order valence-corrected chi connectivity index (χ4v) is 2.56. The van der Waals surface area contributed by atoms with Crippen molar-refractivity contribution in [2.75, 3.05) is 13.1 Å². The van der Waals surface area contributed by atoms with Crippen molar-refractivity contribution in [1.82, 2.24) is 5.32 Å². The quantitative estimate of drug-likeness (QED) is 0.686. The lowest BCUT2D eigenvalue weighted by Gasteiger charge is -2.30. The van der Waals surface area contributed by atoms with E-state index in [1.807, 2.05) is 0 Å². The predicted molar refractivity (Wildman–Crippen MR) is 63.5 cm³/mol. The van der Waals surface area contributed by atoms with E-state index in [-0.39, 0.29) is 0 Å². The fourth-order valence-electron chi connectivity index (χ4n) is 2.56. The molecule has 1 heteroatoms. The second-order valence-corrected chi connectivity index (χ2v) is 4.91. The Hall–Kier alpha value is -0.0400. The predicted octanol–water partition coefficient (Wildman–Crippen LogP) is 3.59. The van der Waals surface area contributed by atoms with Gasteiger partial charge in [-0.1, -0.05) is 39.5 Å². The Bertz CT molecular complexity index is 119. The van der Waals surface area contributed by atoms with Crippen molar-refractivity contribution in [1.29, 1.82) is 0 Å². The van der Waals surface area contributed by atoms with Gasteiger partial charge in [-0.25, -0.2) is 0 Å². The maximum Gasteiger partial charge on any atom is -0.00203 e. The van der Waals surface area contributed by atoms with Gasteiger partial charge in [0, 0.05) is 0 Å². The summed E-state index contributed by atoms with van der Waals surface area (Å²) in [6.45, 7) is 7.15. The first-order valence-corrected chi connectivity index (χ1v) is 6.57. The van der Waals surface area contributed by atoms with Crippen LogP contribution in [-0.4, -0.2) is 13.1 Å². The summed E-state index contributed by atoms with van der Waals surface area (Å²) in [7, 11) is 0. The summed E-state index contributed by atoms with van der Waals surface area (Å²) >= 11 is 0. The summed E-state index contributed by atoms with van der Waals surface area (Å²) in [6, 6.07) is 0. The molecule has 0 amide bonds. The van der Waals surface area contributed by atoms with Gasteiger partial charge in [0.25, 0.3) is 0 Å². The fraction of sp³-hybridized carbons (Fsp3) is 1.00. The van der Waals surface area contributed by atoms with Crippen molar-refractivity contribution in [2.45, 2.75) is 58.8 Å². The molecular weight excluding hydrogens is 170 g/mol. The highest BCUT2D eigenvalue weighted by molar-refractivity contribution is 4.76. The molecule has 1 nitrogen and oxygen atoms in total. The van der Waals surface area contributed by atoms with Gasteiger partial charge in [0.1, 0.15) is 0 Å². The normalized spacial score (nSPS) is 27.9. The van der Waals surface area contributed by atoms with Crippen LogP contribution in [0.25, 0.3) is 0 Å². The lowest BCUT2D eigenvalue weighted by molar-refractivity contribution is 0.255. The monoisotopic (exact) mass is 197 g/mol. The van der Waals surface area contributed by atoms with Crippen LogP contribution in [0.2, 0.25) is 0 Å². The van der Waals surface area contributed by atoms with Crippen LogP contribution in [0.4, 0.5) is 0 Å². The first kappa shape index (κ1) is 12.0. The topological polar surface area (TPSA) is 12.0 Å². The Morgan fingerprint density at radius 2 is 1.43 bits per heavy atom. The number of rotatable bonds is 6. The molecule has 1 aliphatic rings. The molecular formula is C13H27N. The number of hydrogen-bond acceptors (Lipinski definition) is 1. The third kappa shape index (κ3) is 4.45. The van der Waals surface area contributed by atoms with Crippen LogP contribution in [0.1, 0.15) is 58.8 Å². The Labute approximate surface area is 89.7 Å². The number of hydrogen-bond donors (Lipinski definition) is 1. The Morgan fingerprint density at radius 3 is 1.86 bits per heavy atom. The van der Waals surface area contributed by atoms with Gasteiger partial charge in [-0.3, -0.25) is 0 Å². The molecule has 1 rings (SSSR count). The molecule has 0 saturated carbocycles. The van der Waals surface area contributed by atoms with Crippen molar-refractivity contribution in [3.8, 4) is 0 Å².